The number of carbonyl (C=O) groups excluding carboxylic acids is 2. The van der Waals surface area contributed by atoms with Crippen molar-refractivity contribution in [3.05, 3.63) is 58.4 Å². The summed E-state index contributed by atoms with van der Waals surface area (Å²) in [4.78, 5) is 32.4. The Balaban J connectivity index is 1.50. The number of anilines is 1. The molecule has 0 bridgehead atoms. The molecule has 1 N–H and O–H groups in total. The first-order valence-corrected chi connectivity index (χ1v) is 9.99. The standard InChI is InChI=1S/C21H21N3O2S/c1-14-8-9-17(16-6-2-10-22-19(14)16)23-20(25)15-5-3-11-24(13-15)21(26)18-7-4-12-27-18/h2,4,6-10,12,15H,3,5,11,13H2,1H3,(H,23,25)/t15-/m0/s1. The highest BCUT2D eigenvalue weighted by Gasteiger charge is 2.29. The van der Waals surface area contributed by atoms with Gasteiger partial charge < -0.3 is 10.2 Å². The molecule has 3 aromatic rings. The summed E-state index contributed by atoms with van der Waals surface area (Å²) < 4.78 is 0. The number of aromatic nitrogens is 1. The number of carbonyl (C=O) groups is 2. The van der Waals surface area contributed by atoms with Gasteiger partial charge in [-0.1, -0.05) is 12.1 Å². The summed E-state index contributed by atoms with van der Waals surface area (Å²) in [5.41, 5.74) is 2.75. The van der Waals surface area contributed by atoms with Gasteiger partial charge in [0.15, 0.2) is 0 Å². The van der Waals surface area contributed by atoms with E-state index in [1.54, 1.807) is 11.1 Å². The van der Waals surface area contributed by atoms with Crippen LogP contribution >= 0.6 is 11.3 Å². The molecule has 138 valence electrons. The van der Waals surface area contributed by atoms with E-state index in [1.165, 1.54) is 11.3 Å². The van der Waals surface area contributed by atoms with Gasteiger partial charge in [0.2, 0.25) is 5.91 Å². The van der Waals surface area contributed by atoms with Gasteiger partial charge in [0, 0.05) is 24.7 Å². The molecule has 0 saturated carbocycles. The van der Waals surface area contributed by atoms with Crippen LogP contribution in [0.25, 0.3) is 10.9 Å². The molecule has 5 nitrogen and oxygen atoms in total. The predicted molar refractivity (Wildman–Crippen MR) is 108 cm³/mol. The van der Waals surface area contributed by atoms with E-state index in [2.05, 4.69) is 10.3 Å². The molecule has 1 atom stereocenters. The fraction of sp³-hybridized carbons (Fsp3) is 0.286. The Hall–Kier alpha value is -2.73. The first kappa shape index (κ1) is 17.7. The van der Waals surface area contributed by atoms with Crippen LogP contribution in [0.4, 0.5) is 5.69 Å². The smallest absolute Gasteiger partial charge is 0.263 e. The van der Waals surface area contributed by atoms with Crippen molar-refractivity contribution in [2.45, 2.75) is 19.8 Å². The SMILES string of the molecule is Cc1ccc(NC(=O)[C@H]2CCCN(C(=O)c3cccs3)C2)c2cccnc12. The Morgan fingerprint density at radius 1 is 1.22 bits per heavy atom. The number of nitrogens with one attached hydrogen (secondary N) is 1. The number of hydrogen-bond acceptors (Lipinski definition) is 4. The zero-order chi connectivity index (χ0) is 18.8. The maximum Gasteiger partial charge on any atom is 0.263 e. The highest BCUT2D eigenvalue weighted by atomic mass is 32.1. The van der Waals surface area contributed by atoms with E-state index in [0.717, 1.165) is 39.9 Å². The summed E-state index contributed by atoms with van der Waals surface area (Å²) in [6.07, 6.45) is 3.39. The molecule has 0 unspecified atom stereocenters. The molecule has 2 aromatic heterocycles. The van der Waals surface area contributed by atoms with E-state index >= 15 is 0 Å². The van der Waals surface area contributed by atoms with Gasteiger partial charge in [-0.15, -0.1) is 11.3 Å². The van der Waals surface area contributed by atoms with Gasteiger partial charge in [0.25, 0.3) is 5.91 Å². The van der Waals surface area contributed by atoms with E-state index in [0.29, 0.717) is 13.1 Å². The molecule has 1 aliphatic rings. The Kier molecular flexibility index (Phi) is 4.90. The minimum atomic E-state index is -0.198. The minimum Gasteiger partial charge on any atom is -0.337 e. The van der Waals surface area contributed by atoms with Crippen molar-refractivity contribution in [1.29, 1.82) is 0 Å². The molecule has 2 amide bonds. The third kappa shape index (κ3) is 3.57. The minimum absolute atomic E-state index is 0.0208. The average Bonchev–Trinajstić information content (AvgIpc) is 3.24. The van der Waals surface area contributed by atoms with Crippen LogP contribution in [-0.4, -0.2) is 34.8 Å². The third-order valence-electron chi connectivity index (χ3n) is 5.04. The Bertz CT molecular complexity index is 984. The fourth-order valence-corrected chi connectivity index (χ4v) is 4.28. The quantitative estimate of drug-likeness (QED) is 0.745. The largest absolute Gasteiger partial charge is 0.337 e. The van der Waals surface area contributed by atoms with Gasteiger partial charge >= 0.3 is 0 Å². The molecule has 27 heavy (non-hydrogen) atoms. The lowest BCUT2D eigenvalue weighted by molar-refractivity contribution is -0.121. The number of likely N-dealkylation sites (tertiary alicyclic amines) is 1. The second kappa shape index (κ2) is 7.48. The zero-order valence-electron chi connectivity index (χ0n) is 15.1. The van der Waals surface area contributed by atoms with Gasteiger partial charge in [-0.05, 0) is 55.0 Å². The Morgan fingerprint density at radius 3 is 2.93 bits per heavy atom. The maximum atomic E-state index is 12.9. The molecule has 0 aliphatic carbocycles. The molecule has 0 spiro atoms. The van der Waals surface area contributed by atoms with Gasteiger partial charge in [0.05, 0.1) is 22.0 Å². The molecule has 1 saturated heterocycles. The summed E-state index contributed by atoms with van der Waals surface area (Å²) in [7, 11) is 0. The van der Waals surface area contributed by atoms with E-state index in [1.807, 2.05) is 48.7 Å². The second-order valence-electron chi connectivity index (χ2n) is 6.89. The van der Waals surface area contributed by atoms with E-state index < -0.39 is 0 Å². The number of thiophene rings is 1. The summed E-state index contributed by atoms with van der Waals surface area (Å²) in [6.45, 7) is 3.18. The van der Waals surface area contributed by atoms with Crippen LogP contribution in [0.2, 0.25) is 0 Å². The van der Waals surface area contributed by atoms with Crippen LogP contribution in [0.5, 0.6) is 0 Å². The number of hydrogen-bond donors (Lipinski definition) is 1. The van der Waals surface area contributed by atoms with E-state index in [4.69, 9.17) is 0 Å². The summed E-state index contributed by atoms with van der Waals surface area (Å²) in [6, 6.07) is 11.5. The van der Waals surface area contributed by atoms with Crippen LogP contribution in [-0.2, 0) is 4.79 Å². The van der Waals surface area contributed by atoms with Crippen LogP contribution in [0.1, 0.15) is 28.1 Å². The lowest BCUT2D eigenvalue weighted by atomic mass is 9.96. The number of nitrogens with zero attached hydrogens (tertiary/aromatic N) is 2. The van der Waals surface area contributed by atoms with Crippen LogP contribution < -0.4 is 5.32 Å². The fourth-order valence-electron chi connectivity index (χ4n) is 3.59. The molecule has 1 aromatic carbocycles. The first-order chi connectivity index (χ1) is 13.1. The zero-order valence-corrected chi connectivity index (χ0v) is 16.0. The topological polar surface area (TPSA) is 62.3 Å². The van der Waals surface area contributed by atoms with Crippen molar-refractivity contribution in [3.8, 4) is 0 Å². The number of piperidine rings is 1. The molecule has 1 aliphatic heterocycles. The molecule has 3 heterocycles. The van der Waals surface area contributed by atoms with Gasteiger partial charge in [0.1, 0.15) is 0 Å². The Labute approximate surface area is 162 Å². The molecule has 1 fully saturated rings. The number of amides is 2. The number of aryl methyl sites for hydroxylation is 1. The highest BCUT2D eigenvalue weighted by molar-refractivity contribution is 7.12. The monoisotopic (exact) mass is 379 g/mol. The average molecular weight is 379 g/mol. The summed E-state index contributed by atoms with van der Waals surface area (Å²) in [5, 5.41) is 5.90. The van der Waals surface area contributed by atoms with Crippen molar-refractivity contribution >= 4 is 39.7 Å². The normalized spacial score (nSPS) is 17.1. The predicted octanol–water partition coefficient (Wildman–Crippen LogP) is 4.10. The summed E-state index contributed by atoms with van der Waals surface area (Å²) in [5.74, 6) is -0.212. The second-order valence-corrected chi connectivity index (χ2v) is 7.83. The molecular weight excluding hydrogens is 358 g/mol. The molecule has 4 rings (SSSR count). The lowest BCUT2D eigenvalue weighted by Crippen LogP contribution is -2.43. The first-order valence-electron chi connectivity index (χ1n) is 9.11. The van der Waals surface area contributed by atoms with Crippen LogP contribution in [0.3, 0.4) is 0 Å². The highest BCUT2D eigenvalue weighted by Crippen LogP contribution is 2.27. The van der Waals surface area contributed by atoms with Gasteiger partial charge in [-0.2, -0.15) is 0 Å². The van der Waals surface area contributed by atoms with Crippen molar-refractivity contribution in [2.24, 2.45) is 5.92 Å². The number of pyridine rings is 1. The third-order valence-corrected chi connectivity index (χ3v) is 5.90. The lowest BCUT2D eigenvalue weighted by Gasteiger charge is -2.31. The van der Waals surface area contributed by atoms with Crippen molar-refractivity contribution < 1.29 is 9.59 Å². The maximum absolute atomic E-state index is 12.9. The van der Waals surface area contributed by atoms with Crippen molar-refractivity contribution in [1.82, 2.24) is 9.88 Å². The number of fused-ring (bicyclic) bond motifs is 1. The van der Waals surface area contributed by atoms with E-state index in [9.17, 15) is 9.59 Å². The van der Waals surface area contributed by atoms with Crippen LogP contribution in [0.15, 0.2) is 48.0 Å². The van der Waals surface area contributed by atoms with E-state index in [-0.39, 0.29) is 17.7 Å². The number of benzene rings is 1. The molecule has 6 heteroatoms. The molecule has 0 radical (unpaired) electrons. The van der Waals surface area contributed by atoms with Crippen molar-refractivity contribution in [3.63, 3.8) is 0 Å². The Morgan fingerprint density at radius 2 is 2.11 bits per heavy atom. The summed E-state index contributed by atoms with van der Waals surface area (Å²) >= 11 is 1.44. The molecular formula is C21H21N3O2S. The van der Waals surface area contributed by atoms with Gasteiger partial charge in [-0.25, -0.2) is 0 Å². The van der Waals surface area contributed by atoms with Crippen molar-refractivity contribution in [2.75, 3.05) is 18.4 Å². The van der Waals surface area contributed by atoms with Crippen LogP contribution in [0, 0.1) is 12.8 Å². The number of rotatable bonds is 3. The van der Waals surface area contributed by atoms with Gasteiger partial charge in [-0.3, -0.25) is 14.6 Å².